The van der Waals surface area contributed by atoms with Crippen LogP contribution in [0.15, 0.2) is 47.4 Å². The topological polar surface area (TPSA) is 125 Å². The van der Waals surface area contributed by atoms with Crippen LogP contribution in [0.4, 0.5) is 8.78 Å². The SMILES string of the molecule is COc1cc(C(=O)N2CC3CCC2[C@@H]3C)cc2nc(-c3cc4ccc(-c5cc(S(N)(=O)=O)c(F)cc5F)nc4n3CC3CC3)n(C)c12. The summed E-state index contributed by atoms with van der Waals surface area (Å²) in [6.45, 7) is 3.66. The molecule has 1 saturated heterocycles. The quantitative estimate of drug-likeness (QED) is 0.247. The molecule has 3 atom stereocenters. The van der Waals surface area contributed by atoms with Crippen molar-refractivity contribution in [3.8, 4) is 28.5 Å². The number of hydrogen-bond donors (Lipinski definition) is 1. The van der Waals surface area contributed by atoms with Gasteiger partial charge in [-0.05, 0) is 79.8 Å². The van der Waals surface area contributed by atoms with E-state index in [1.54, 1.807) is 25.3 Å². The molecule has 2 N–H and O–H groups in total. The molecule has 2 unspecified atom stereocenters. The van der Waals surface area contributed by atoms with Gasteiger partial charge in [0.15, 0.2) is 5.82 Å². The maximum atomic E-state index is 15.0. The number of aromatic nitrogens is 4. The normalized spacial score (nSPS) is 21.0. The molecule has 2 bridgehead atoms. The Balaban J connectivity index is 1.25. The lowest BCUT2D eigenvalue weighted by molar-refractivity contribution is 0.0696. The van der Waals surface area contributed by atoms with Gasteiger partial charge in [-0.3, -0.25) is 4.79 Å². The molecule has 244 valence electrons. The Labute approximate surface area is 270 Å². The van der Waals surface area contributed by atoms with Crippen molar-refractivity contribution in [3.63, 3.8) is 0 Å². The first-order valence-corrected chi connectivity index (χ1v) is 17.4. The molecule has 10 nitrogen and oxygen atoms in total. The summed E-state index contributed by atoms with van der Waals surface area (Å²) in [7, 11) is -0.949. The Hall–Kier alpha value is -4.36. The summed E-state index contributed by atoms with van der Waals surface area (Å²) >= 11 is 0. The minimum atomic E-state index is -4.43. The van der Waals surface area contributed by atoms with Crippen molar-refractivity contribution in [2.24, 2.45) is 29.9 Å². The number of rotatable bonds is 7. The predicted octanol–water partition coefficient (Wildman–Crippen LogP) is 5.47. The lowest BCUT2D eigenvalue weighted by atomic mass is 10.0. The highest BCUT2D eigenvalue weighted by Crippen LogP contribution is 2.44. The third-order valence-electron chi connectivity index (χ3n) is 10.4. The van der Waals surface area contributed by atoms with Gasteiger partial charge in [-0.25, -0.2) is 32.3 Å². The van der Waals surface area contributed by atoms with E-state index in [2.05, 4.69) is 6.92 Å². The van der Waals surface area contributed by atoms with Crippen molar-refractivity contribution in [3.05, 3.63) is 59.7 Å². The molecule has 8 rings (SSSR count). The van der Waals surface area contributed by atoms with E-state index in [-0.39, 0.29) is 23.2 Å². The number of halogens is 2. The molecular weight excluding hydrogens is 626 g/mol. The fourth-order valence-electron chi connectivity index (χ4n) is 7.68. The molecule has 2 saturated carbocycles. The van der Waals surface area contributed by atoms with Crippen LogP contribution in [-0.2, 0) is 23.6 Å². The Morgan fingerprint density at radius 1 is 1.04 bits per heavy atom. The number of sulfonamides is 1. The van der Waals surface area contributed by atoms with Gasteiger partial charge in [-0.1, -0.05) is 6.92 Å². The molecule has 2 aromatic carbocycles. The van der Waals surface area contributed by atoms with Crippen molar-refractivity contribution in [2.75, 3.05) is 13.7 Å². The number of nitrogens with two attached hydrogens (primary N) is 1. The number of benzene rings is 2. The molecule has 2 aliphatic carbocycles. The maximum Gasteiger partial charge on any atom is 0.254 e. The second-order valence-electron chi connectivity index (χ2n) is 13.3. The average molecular weight is 661 g/mol. The number of carbonyl (C=O) groups is 1. The number of methoxy groups -OCH3 is 1. The van der Waals surface area contributed by atoms with Crippen molar-refractivity contribution in [1.29, 1.82) is 0 Å². The van der Waals surface area contributed by atoms with Crippen molar-refractivity contribution >= 4 is 38.0 Å². The van der Waals surface area contributed by atoms with E-state index in [1.807, 2.05) is 33.2 Å². The molecule has 1 amide bonds. The fraction of sp³-hybridized carbons (Fsp3) is 0.382. The van der Waals surface area contributed by atoms with Gasteiger partial charge in [0.25, 0.3) is 5.91 Å². The first-order chi connectivity index (χ1) is 22.4. The second-order valence-corrected chi connectivity index (χ2v) is 14.8. The van der Waals surface area contributed by atoms with Crippen LogP contribution in [-0.4, -0.2) is 58.0 Å². The van der Waals surface area contributed by atoms with Gasteiger partial charge >= 0.3 is 0 Å². The number of pyridine rings is 1. The molecule has 3 aromatic heterocycles. The molecule has 13 heteroatoms. The number of ether oxygens (including phenoxy) is 1. The molecule has 0 radical (unpaired) electrons. The summed E-state index contributed by atoms with van der Waals surface area (Å²) in [6, 6.07) is 10.6. The molecule has 4 heterocycles. The lowest BCUT2D eigenvalue weighted by Gasteiger charge is -2.27. The third kappa shape index (κ3) is 4.81. The van der Waals surface area contributed by atoms with Crippen LogP contribution < -0.4 is 9.88 Å². The molecule has 47 heavy (non-hydrogen) atoms. The van der Waals surface area contributed by atoms with Gasteiger partial charge in [0.05, 0.1) is 24.0 Å². The Morgan fingerprint density at radius 2 is 1.83 bits per heavy atom. The van der Waals surface area contributed by atoms with Gasteiger partial charge < -0.3 is 18.8 Å². The third-order valence-corrected chi connectivity index (χ3v) is 11.3. The van der Waals surface area contributed by atoms with Crippen molar-refractivity contribution in [1.82, 2.24) is 24.0 Å². The number of nitrogens with zero attached hydrogens (tertiary/aromatic N) is 5. The number of hydrogen-bond acceptors (Lipinski definition) is 6. The fourth-order valence-corrected chi connectivity index (χ4v) is 8.29. The Bertz CT molecular complexity index is 2240. The zero-order chi connectivity index (χ0) is 32.9. The monoisotopic (exact) mass is 660 g/mol. The van der Waals surface area contributed by atoms with E-state index in [4.69, 9.17) is 19.8 Å². The summed E-state index contributed by atoms with van der Waals surface area (Å²) in [5.41, 5.74) is 3.21. The van der Waals surface area contributed by atoms with E-state index in [0.717, 1.165) is 48.5 Å². The highest BCUT2D eigenvalue weighted by molar-refractivity contribution is 7.89. The number of carbonyl (C=O) groups excluding carboxylic acids is 1. The van der Waals surface area contributed by atoms with E-state index < -0.39 is 26.6 Å². The van der Waals surface area contributed by atoms with Gasteiger partial charge in [-0.15, -0.1) is 0 Å². The van der Waals surface area contributed by atoms with Gasteiger partial charge in [-0.2, -0.15) is 0 Å². The van der Waals surface area contributed by atoms with E-state index in [1.165, 1.54) is 6.42 Å². The number of imidazole rings is 1. The van der Waals surface area contributed by atoms with E-state index in [0.29, 0.717) is 58.7 Å². The highest BCUT2D eigenvalue weighted by Gasteiger charge is 2.46. The van der Waals surface area contributed by atoms with Crippen LogP contribution >= 0.6 is 0 Å². The van der Waals surface area contributed by atoms with Crippen LogP contribution in [0.3, 0.4) is 0 Å². The second kappa shape index (κ2) is 10.6. The molecule has 1 aliphatic heterocycles. The minimum Gasteiger partial charge on any atom is -0.494 e. The molecule has 3 aliphatic rings. The van der Waals surface area contributed by atoms with Crippen LogP contribution in [0.5, 0.6) is 5.75 Å². The summed E-state index contributed by atoms with van der Waals surface area (Å²) in [6.07, 6.45) is 4.32. The summed E-state index contributed by atoms with van der Waals surface area (Å²) < 4.78 is 63.1. The summed E-state index contributed by atoms with van der Waals surface area (Å²) in [5, 5.41) is 5.96. The smallest absolute Gasteiger partial charge is 0.254 e. The van der Waals surface area contributed by atoms with Crippen molar-refractivity contribution < 1.29 is 26.7 Å². The average Bonchev–Trinajstić information content (AvgIpc) is 3.44. The predicted molar refractivity (Wildman–Crippen MR) is 172 cm³/mol. The van der Waals surface area contributed by atoms with Gasteiger partial charge in [0.2, 0.25) is 10.0 Å². The van der Waals surface area contributed by atoms with Gasteiger partial charge in [0, 0.05) is 48.8 Å². The lowest BCUT2D eigenvalue weighted by Crippen LogP contribution is -2.38. The highest BCUT2D eigenvalue weighted by atomic mass is 32.2. The van der Waals surface area contributed by atoms with Crippen LogP contribution in [0.2, 0.25) is 0 Å². The minimum absolute atomic E-state index is 0.00496. The number of aryl methyl sites for hydroxylation is 1. The van der Waals surface area contributed by atoms with Crippen LogP contribution in [0.1, 0.15) is 43.0 Å². The first-order valence-electron chi connectivity index (χ1n) is 15.8. The maximum absolute atomic E-state index is 15.0. The molecular formula is C34H34F2N6O4S. The Kier molecular flexibility index (Phi) is 6.75. The zero-order valence-electron chi connectivity index (χ0n) is 26.2. The number of piperidine rings is 1. The number of likely N-dealkylation sites (tertiary alicyclic amines) is 1. The van der Waals surface area contributed by atoms with Crippen LogP contribution in [0, 0.1) is 29.4 Å². The number of primary sulfonamides is 1. The molecule has 0 spiro atoms. The first kappa shape index (κ1) is 30.0. The summed E-state index contributed by atoms with van der Waals surface area (Å²) in [5.74, 6) is 0.448. The zero-order valence-corrected chi connectivity index (χ0v) is 27.0. The van der Waals surface area contributed by atoms with Crippen LogP contribution in [0.25, 0.3) is 44.8 Å². The molecule has 5 aromatic rings. The standard InChI is InChI=1S/C34H34F2N6O4S/c1-17-20-7-9-27(17)42(16-20)34(43)21-10-26-31(29(12-21)46-3)40(2)33(39-26)28-11-19-6-8-25(38-32(19)41(28)15-18-4-5-18)22-13-30(47(37,44)45)24(36)14-23(22)35/h6,8,10-14,17-18,20,27H,4-5,7,9,15-16H2,1-3H3,(H2,37,44,45)/t17-,20?,27?/m1/s1. The van der Waals surface area contributed by atoms with E-state index >= 15 is 4.39 Å². The largest absolute Gasteiger partial charge is 0.494 e. The molecule has 3 fully saturated rings. The summed E-state index contributed by atoms with van der Waals surface area (Å²) in [4.78, 5) is 24.8. The van der Waals surface area contributed by atoms with E-state index in [9.17, 15) is 17.6 Å². The van der Waals surface area contributed by atoms with Crippen molar-refractivity contribution in [2.45, 2.75) is 50.1 Å². The van der Waals surface area contributed by atoms with Gasteiger partial charge in [0.1, 0.15) is 33.4 Å². The number of amides is 1. The number of fused-ring (bicyclic) bond motifs is 4. The Morgan fingerprint density at radius 3 is 2.49 bits per heavy atom.